The monoisotopic (exact) mass is 216 g/mol. The van der Waals surface area contributed by atoms with Gasteiger partial charge in [-0.3, -0.25) is 0 Å². The highest BCUT2D eigenvalue weighted by molar-refractivity contribution is 7.98. The highest BCUT2D eigenvalue weighted by Crippen LogP contribution is 2.25. The van der Waals surface area contributed by atoms with Crippen molar-refractivity contribution in [3.05, 3.63) is 48.5 Å². The zero-order valence-electron chi connectivity index (χ0n) is 8.47. The van der Waals surface area contributed by atoms with Crippen molar-refractivity contribution >= 4 is 11.8 Å². The van der Waals surface area contributed by atoms with Gasteiger partial charge in [-0.25, -0.2) is 0 Å². The van der Waals surface area contributed by atoms with Crippen LogP contribution in [0, 0.1) is 0 Å². The fourth-order valence-electron chi connectivity index (χ4n) is 1.47. The Kier molecular flexibility index (Phi) is 2.97. The van der Waals surface area contributed by atoms with Crippen molar-refractivity contribution in [2.75, 3.05) is 6.26 Å². The third-order valence-electron chi connectivity index (χ3n) is 2.27. The maximum Gasteiger partial charge on any atom is 0.116 e. The number of hydrogen-bond acceptors (Lipinski definition) is 2. The summed E-state index contributed by atoms with van der Waals surface area (Å²) in [6.07, 6.45) is 2.06. The summed E-state index contributed by atoms with van der Waals surface area (Å²) >= 11 is 1.73. The Morgan fingerprint density at radius 2 is 1.67 bits per heavy atom. The number of benzene rings is 2. The number of phenols is 1. The average molecular weight is 216 g/mol. The molecule has 15 heavy (non-hydrogen) atoms. The number of thioether (sulfide) groups is 1. The van der Waals surface area contributed by atoms with E-state index in [-0.39, 0.29) is 0 Å². The Bertz CT molecular complexity index is 448. The first-order valence-electron chi connectivity index (χ1n) is 4.73. The van der Waals surface area contributed by atoms with Crippen LogP contribution in [0.25, 0.3) is 11.1 Å². The summed E-state index contributed by atoms with van der Waals surface area (Å²) in [5.41, 5.74) is 2.17. The fourth-order valence-corrected chi connectivity index (χ4v) is 1.88. The standard InChI is InChI=1S/C13H12OS/c1-15-13-7-5-10(6-8-13)11-3-2-4-12(14)9-11/h2-9,14H,1H3. The smallest absolute Gasteiger partial charge is 0.116 e. The van der Waals surface area contributed by atoms with E-state index in [1.165, 1.54) is 4.90 Å². The van der Waals surface area contributed by atoms with Gasteiger partial charge in [0.15, 0.2) is 0 Å². The lowest BCUT2D eigenvalue weighted by atomic mass is 10.1. The van der Waals surface area contributed by atoms with E-state index in [1.807, 2.05) is 12.1 Å². The van der Waals surface area contributed by atoms with E-state index in [2.05, 4.69) is 30.5 Å². The highest BCUT2D eigenvalue weighted by Gasteiger charge is 1.98. The predicted octanol–water partition coefficient (Wildman–Crippen LogP) is 3.78. The van der Waals surface area contributed by atoms with Crippen LogP contribution in [-0.2, 0) is 0 Å². The van der Waals surface area contributed by atoms with Crippen LogP contribution >= 0.6 is 11.8 Å². The molecule has 0 radical (unpaired) electrons. The SMILES string of the molecule is CSc1ccc(-c2cccc(O)c2)cc1. The van der Waals surface area contributed by atoms with E-state index in [0.717, 1.165) is 11.1 Å². The third-order valence-corrected chi connectivity index (χ3v) is 3.01. The summed E-state index contributed by atoms with van der Waals surface area (Å²) in [5, 5.41) is 9.37. The van der Waals surface area contributed by atoms with Crippen molar-refractivity contribution in [1.29, 1.82) is 0 Å². The molecule has 2 aromatic rings. The number of aromatic hydroxyl groups is 1. The molecule has 76 valence electrons. The summed E-state index contributed by atoms with van der Waals surface area (Å²) in [6, 6.07) is 15.6. The lowest BCUT2D eigenvalue weighted by Crippen LogP contribution is -1.77. The van der Waals surface area contributed by atoms with Crippen LogP contribution in [0.4, 0.5) is 0 Å². The van der Waals surface area contributed by atoms with Crippen LogP contribution < -0.4 is 0 Å². The van der Waals surface area contributed by atoms with Crippen molar-refractivity contribution in [2.24, 2.45) is 0 Å². The van der Waals surface area contributed by atoms with Gasteiger partial charge in [-0.1, -0.05) is 24.3 Å². The largest absolute Gasteiger partial charge is 0.508 e. The van der Waals surface area contributed by atoms with Crippen LogP contribution in [0.5, 0.6) is 5.75 Å². The first kappa shape index (κ1) is 10.1. The first-order valence-corrected chi connectivity index (χ1v) is 5.95. The molecule has 1 N–H and O–H groups in total. The van der Waals surface area contributed by atoms with Gasteiger partial charge in [-0.05, 0) is 41.6 Å². The second kappa shape index (κ2) is 4.41. The zero-order valence-corrected chi connectivity index (χ0v) is 9.29. The topological polar surface area (TPSA) is 20.2 Å². The first-order chi connectivity index (χ1) is 7.29. The summed E-state index contributed by atoms with van der Waals surface area (Å²) in [5.74, 6) is 0.307. The molecule has 0 bridgehead atoms. The van der Waals surface area contributed by atoms with E-state index in [1.54, 1.807) is 23.9 Å². The van der Waals surface area contributed by atoms with Gasteiger partial charge < -0.3 is 5.11 Å². The van der Waals surface area contributed by atoms with E-state index < -0.39 is 0 Å². The van der Waals surface area contributed by atoms with Crippen LogP contribution in [0.3, 0.4) is 0 Å². The molecule has 0 aliphatic rings. The van der Waals surface area contributed by atoms with Gasteiger partial charge in [-0.2, -0.15) is 0 Å². The molecule has 0 amide bonds. The zero-order chi connectivity index (χ0) is 10.7. The molecule has 0 fully saturated rings. The van der Waals surface area contributed by atoms with Gasteiger partial charge in [0.1, 0.15) is 5.75 Å². The minimum absolute atomic E-state index is 0.307. The molecule has 0 atom stereocenters. The summed E-state index contributed by atoms with van der Waals surface area (Å²) in [7, 11) is 0. The van der Waals surface area contributed by atoms with Crippen molar-refractivity contribution in [1.82, 2.24) is 0 Å². The normalized spacial score (nSPS) is 10.2. The van der Waals surface area contributed by atoms with E-state index >= 15 is 0 Å². The van der Waals surface area contributed by atoms with Crippen LogP contribution in [-0.4, -0.2) is 11.4 Å². The Balaban J connectivity index is 2.37. The maximum atomic E-state index is 9.37. The third kappa shape index (κ3) is 2.34. The van der Waals surface area contributed by atoms with Crippen LogP contribution in [0.15, 0.2) is 53.4 Å². The molecular weight excluding hydrogens is 204 g/mol. The second-order valence-electron chi connectivity index (χ2n) is 3.28. The van der Waals surface area contributed by atoms with E-state index in [0.29, 0.717) is 5.75 Å². The average Bonchev–Trinajstić information content (AvgIpc) is 2.29. The Hall–Kier alpha value is -1.41. The van der Waals surface area contributed by atoms with Gasteiger partial charge in [0, 0.05) is 4.90 Å². The number of rotatable bonds is 2. The number of phenolic OH excluding ortho intramolecular Hbond substituents is 1. The molecule has 0 aromatic heterocycles. The molecule has 0 unspecified atom stereocenters. The van der Waals surface area contributed by atoms with Crippen molar-refractivity contribution < 1.29 is 5.11 Å². The Labute approximate surface area is 93.8 Å². The number of hydrogen-bond donors (Lipinski definition) is 1. The lowest BCUT2D eigenvalue weighted by molar-refractivity contribution is 0.475. The second-order valence-corrected chi connectivity index (χ2v) is 4.16. The molecule has 0 spiro atoms. The van der Waals surface area contributed by atoms with Crippen LogP contribution in [0.1, 0.15) is 0 Å². The molecule has 2 heteroatoms. The van der Waals surface area contributed by atoms with Crippen molar-refractivity contribution in [2.45, 2.75) is 4.90 Å². The molecule has 0 saturated carbocycles. The molecule has 0 aliphatic carbocycles. The lowest BCUT2D eigenvalue weighted by Gasteiger charge is -2.03. The fraction of sp³-hybridized carbons (Fsp3) is 0.0769. The highest BCUT2D eigenvalue weighted by atomic mass is 32.2. The summed E-state index contributed by atoms with van der Waals surface area (Å²) in [6.45, 7) is 0. The molecule has 2 aromatic carbocycles. The molecule has 1 nitrogen and oxygen atoms in total. The van der Waals surface area contributed by atoms with Crippen molar-refractivity contribution in [3.63, 3.8) is 0 Å². The Morgan fingerprint density at radius 3 is 2.27 bits per heavy atom. The Morgan fingerprint density at radius 1 is 0.933 bits per heavy atom. The maximum absolute atomic E-state index is 9.37. The van der Waals surface area contributed by atoms with Gasteiger partial charge in [-0.15, -0.1) is 11.8 Å². The van der Waals surface area contributed by atoms with Crippen molar-refractivity contribution in [3.8, 4) is 16.9 Å². The summed E-state index contributed by atoms with van der Waals surface area (Å²) in [4.78, 5) is 1.25. The van der Waals surface area contributed by atoms with Gasteiger partial charge in [0.05, 0.1) is 0 Å². The predicted molar refractivity (Wildman–Crippen MR) is 65.3 cm³/mol. The van der Waals surface area contributed by atoms with Gasteiger partial charge in [0.25, 0.3) is 0 Å². The minimum atomic E-state index is 0.307. The molecule has 0 aliphatic heterocycles. The molecule has 0 heterocycles. The van der Waals surface area contributed by atoms with E-state index in [9.17, 15) is 5.11 Å². The van der Waals surface area contributed by atoms with E-state index in [4.69, 9.17) is 0 Å². The molecule has 2 rings (SSSR count). The summed E-state index contributed by atoms with van der Waals surface area (Å²) < 4.78 is 0. The van der Waals surface area contributed by atoms with Crippen LogP contribution in [0.2, 0.25) is 0 Å². The van der Waals surface area contributed by atoms with Gasteiger partial charge >= 0.3 is 0 Å². The molecule has 0 saturated heterocycles. The quantitative estimate of drug-likeness (QED) is 0.771. The molecular formula is C13H12OS. The minimum Gasteiger partial charge on any atom is -0.508 e. The van der Waals surface area contributed by atoms with Gasteiger partial charge in [0.2, 0.25) is 0 Å².